The monoisotopic (exact) mass is 310 g/mol. The van der Waals surface area contributed by atoms with Gasteiger partial charge in [-0.05, 0) is 18.8 Å². The summed E-state index contributed by atoms with van der Waals surface area (Å²) in [5.74, 6) is -0.437. The molecule has 0 aromatic carbocycles. The van der Waals surface area contributed by atoms with Gasteiger partial charge < -0.3 is 15.5 Å². The van der Waals surface area contributed by atoms with Crippen LogP contribution in [-0.2, 0) is 14.8 Å². The maximum absolute atomic E-state index is 12.2. The SMILES string of the molecule is CCC(CO)(CO)NC(=O)C(CC(C)C)NS(C)(=O)=O. The van der Waals surface area contributed by atoms with E-state index in [0.717, 1.165) is 6.26 Å². The number of hydrogen-bond acceptors (Lipinski definition) is 5. The Kier molecular flexibility index (Phi) is 7.64. The van der Waals surface area contributed by atoms with E-state index in [1.165, 1.54) is 0 Å². The molecule has 0 spiro atoms. The largest absolute Gasteiger partial charge is 0.394 e. The molecule has 0 aliphatic rings. The van der Waals surface area contributed by atoms with Gasteiger partial charge in [0.2, 0.25) is 15.9 Å². The first kappa shape index (κ1) is 19.3. The Balaban J connectivity index is 5.03. The normalized spacial score (nSPS) is 14.3. The van der Waals surface area contributed by atoms with Gasteiger partial charge in [-0.15, -0.1) is 0 Å². The van der Waals surface area contributed by atoms with Crippen LogP contribution in [0.3, 0.4) is 0 Å². The Morgan fingerprint density at radius 3 is 2.05 bits per heavy atom. The minimum Gasteiger partial charge on any atom is -0.394 e. The van der Waals surface area contributed by atoms with E-state index in [-0.39, 0.29) is 5.92 Å². The van der Waals surface area contributed by atoms with Crippen molar-refractivity contribution in [2.24, 2.45) is 5.92 Å². The van der Waals surface area contributed by atoms with Gasteiger partial charge in [0.1, 0.15) is 6.04 Å². The highest BCUT2D eigenvalue weighted by atomic mass is 32.2. The highest BCUT2D eigenvalue weighted by molar-refractivity contribution is 7.88. The summed E-state index contributed by atoms with van der Waals surface area (Å²) in [5, 5.41) is 21.2. The topological polar surface area (TPSA) is 116 Å². The highest BCUT2D eigenvalue weighted by Gasteiger charge is 2.32. The van der Waals surface area contributed by atoms with Crippen molar-refractivity contribution >= 4 is 15.9 Å². The minimum atomic E-state index is -3.53. The predicted octanol–water partition coefficient (Wildman–Crippen LogP) is -0.800. The number of hydrogen-bond donors (Lipinski definition) is 4. The van der Waals surface area contributed by atoms with Crippen LogP contribution >= 0.6 is 0 Å². The molecule has 0 radical (unpaired) electrons. The van der Waals surface area contributed by atoms with Crippen LogP contribution in [0.1, 0.15) is 33.6 Å². The quantitative estimate of drug-likeness (QED) is 0.445. The molecule has 0 aromatic rings. The van der Waals surface area contributed by atoms with Gasteiger partial charge in [-0.2, -0.15) is 0 Å². The molecule has 0 aliphatic heterocycles. The van der Waals surface area contributed by atoms with E-state index >= 15 is 0 Å². The average Bonchev–Trinajstić information content (AvgIpc) is 2.33. The third-order valence-electron chi connectivity index (χ3n) is 3.05. The Hall–Kier alpha value is -0.700. The lowest BCUT2D eigenvalue weighted by atomic mass is 9.96. The zero-order valence-corrected chi connectivity index (χ0v) is 13.3. The fourth-order valence-corrected chi connectivity index (χ4v) is 2.45. The van der Waals surface area contributed by atoms with Crippen LogP contribution in [0.15, 0.2) is 0 Å². The summed E-state index contributed by atoms with van der Waals surface area (Å²) in [7, 11) is -3.53. The molecular formula is C12H26N2O5S. The number of rotatable bonds is 9. The molecule has 1 unspecified atom stereocenters. The van der Waals surface area contributed by atoms with Crippen molar-refractivity contribution in [2.75, 3.05) is 19.5 Å². The van der Waals surface area contributed by atoms with Crippen LogP contribution in [0.25, 0.3) is 0 Å². The highest BCUT2D eigenvalue weighted by Crippen LogP contribution is 2.11. The van der Waals surface area contributed by atoms with Gasteiger partial charge in [0.25, 0.3) is 0 Å². The molecule has 7 nitrogen and oxygen atoms in total. The molecule has 0 rings (SSSR count). The first-order valence-corrected chi connectivity index (χ1v) is 8.49. The van der Waals surface area contributed by atoms with E-state index in [2.05, 4.69) is 10.0 Å². The van der Waals surface area contributed by atoms with Crippen molar-refractivity contribution < 1.29 is 23.4 Å². The standard InChI is InChI=1S/C12H26N2O5S/c1-5-12(7-15,8-16)13-11(17)10(6-9(2)3)14-20(4,18)19/h9-10,14-16H,5-8H2,1-4H3,(H,13,17). The maximum Gasteiger partial charge on any atom is 0.238 e. The lowest BCUT2D eigenvalue weighted by Crippen LogP contribution is -2.59. The second-order valence-electron chi connectivity index (χ2n) is 5.51. The van der Waals surface area contributed by atoms with E-state index in [9.17, 15) is 23.4 Å². The zero-order valence-electron chi connectivity index (χ0n) is 12.5. The van der Waals surface area contributed by atoms with Crippen LogP contribution in [0.5, 0.6) is 0 Å². The molecule has 120 valence electrons. The van der Waals surface area contributed by atoms with Crippen molar-refractivity contribution in [1.82, 2.24) is 10.0 Å². The summed E-state index contributed by atoms with van der Waals surface area (Å²) < 4.78 is 24.9. The Labute approximate surface area is 120 Å². The number of aliphatic hydroxyl groups excluding tert-OH is 2. The zero-order chi connectivity index (χ0) is 16.0. The summed E-state index contributed by atoms with van der Waals surface area (Å²) in [4.78, 5) is 12.2. The molecule has 0 fully saturated rings. The van der Waals surface area contributed by atoms with Gasteiger partial charge in [0.15, 0.2) is 0 Å². The molecular weight excluding hydrogens is 284 g/mol. The van der Waals surface area contributed by atoms with Crippen LogP contribution in [-0.4, -0.2) is 55.6 Å². The van der Waals surface area contributed by atoms with Gasteiger partial charge >= 0.3 is 0 Å². The van der Waals surface area contributed by atoms with Crippen LogP contribution < -0.4 is 10.0 Å². The van der Waals surface area contributed by atoms with E-state index < -0.39 is 40.7 Å². The van der Waals surface area contributed by atoms with Crippen molar-refractivity contribution in [3.8, 4) is 0 Å². The maximum atomic E-state index is 12.2. The molecule has 1 atom stereocenters. The molecule has 1 amide bonds. The Morgan fingerprint density at radius 1 is 1.25 bits per heavy atom. The fraction of sp³-hybridized carbons (Fsp3) is 0.917. The summed E-state index contributed by atoms with van der Waals surface area (Å²) in [5.41, 5.74) is -1.13. The number of sulfonamides is 1. The van der Waals surface area contributed by atoms with Crippen LogP contribution in [0.4, 0.5) is 0 Å². The molecule has 0 aliphatic carbocycles. The third kappa shape index (κ3) is 6.65. The first-order chi connectivity index (χ1) is 9.09. The number of carbonyl (C=O) groups is 1. The molecule has 0 bridgehead atoms. The van der Waals surface area contributed by atoms with E-state index in [1.54, 1.807) is 6.92 Å². The van der Waals surface area contributed by atoms with Crippen molar-refractivity contribution in [3.05, 3.63) is 0 Å². The Morgan fingerprint density at radius 2 is 1.75 bits per heavy atom. The molecule has 4 N–H and O–H groups in total. The van der Waals surface area contributed by atoms with Crippen molar-refractivity contribution in [1.29, 1.82) is 0 Å². The van der Waals surface area contributed by atoms with E-state index in [1.807, 2.05) is 13.8 Å². The number of amides is 1. The van der Waals surface area contributed by atoms with E-state index in [4.69, 9.17) is 0 Å². The summed E-state index contributed by atoms with van der Waals surface area (Å²) in [6.07, 6.45) is 1.65. The second-order valence-corrected chi connectivity index (χ2v) is 7.29. The molecule has 0 heterocycles. The van der Waals surface area contributed by atoms with Crippen molar-refractivity contribution in [2.45, 2.75) is 45.2 Å². The number of carbonyl (C=O) groups excluding carboxylic acids is 1. The molecule has 20 heavy (non-hydrogen) atoms. The van der Waals surface area contributed by atoms with Crippen LogP contribution in [0, 0.1) is 5.92 Å². The van der Waals surface area contributed by atoms with Gasteiger partial charge in [-0.1, -0.05) is 20.8 Å². The fourth-order valence-electron chi connectivity index (χ4n) is 1.73. The lowest BCUT2D eigenvalue weighted by molar-refractivity contribution is -0.126. The minimum absolute atomic E-state index is 0.110. The third-order valence-corrected chi connectivity index (χ3v) is 3.76. The molecule has 0 saturated carbocycles. The van der Waals surface area contributed by atoms with Gasteiger partial charge in [0.05, 0.1) is 25.0 Å². The number of aliphatic hydroxyl groups is 2. The van der Waals surface area contributed by atoms with Gasteiger partial charge in [-0.3, -0.25) is 4.79 Å². The number of nitrogens with one attached hydrogen (secondary N) is 2. The lowest BCUT2D eigenvalue weighted by Gasteiger charge is -2.32. The van der Waals surface area contributed by atoms with Gasteiger partial charge in [0, 0.05) is 0 Å². The predicted molar refractivity (Wildman–Crippen MR) is 76.6 cm³/mol. The van der Waals surface area contributed by atoms with E-state index in [0.29, 0.717) is 12.8 Å². The molecule has 8 heteroatoms. The summed E-state index contributed by atoms with van der Waals surface area (Å²) in [6.45, 7) is 4.62. The van der Waals surface area contributed by atoms with Gasteiger partial charge in [-0.25, -0.2) is 13.1 Å². The second kappa shape index (κ2) is 7.92. The van der Waals surface area contributed by atoms with Crippen LogP contribution in [0.2, 0.25) is 0 Å². The smallest absolute Gasteiger partial charge is 0.238 e. The first-order valence-electron chi connectivity index (χ1n) is 6.60. The van der Waals surface area contributed by atoms with Crippen molar-refractivity contribution in [3.63, 3.8) is 0 Å². The molecule has 0 aromatic heterocycles. The summed E-state index contributed by atoms with van der Waals surface area (Å²) in [6, 6.07) is -0.922. The molecule has 0 saturated heterocycles. The summed E-state index contributed by atoms with van der Waals surface area (Å²) >= 11 is 0. The Bertz CT molecular complexity index is 396. The average molecular weight is 310 g/mol.